The van der Waals surface area contributed by atoms with Crippen LogP contribution in [0.15, 0.2) is 0 Å². The highest BCUT2D eigenvalue weighted by Gasteiger charge is 2.65. The molecule has 8 heteroatoms. The summed E-state index contributed by atoms with van der Waals surface area (Å²) < 4.78 is 0. The third-order valence-electron chi connectivity index (χ3n) is 6.78. The molecule has 0 amide bonds. The summed E-state index contributed by atoms with van der Waals surface area (Å²) in [6.07, 6.45) is -3.13. The normalized spacial score (nSPS) is 42.2. The third-order valence-corrected chi connectivity index (χ3v) is 6.78. The molecular formula is C19H34N2O6. The molecule has 8 nitrogen and oxygen atoms in total. The molecule has 0 spiro atoms. The van der Waals surface area contributed by atoms with Gasteiger partial charge in [-0.2, -0.15) is 0 Å². The Labute approximate surface area is 160 Å². The van der Waals surface area contributed by atoms with E-state index in [0.717, 1.165) is 25.7 Å². The van der Waals surface area contributed by atoms with Crippen molar-refractivity contribution in [3.8, 4) is 0 Å². The molecule has 4 fully saturated rings. The molecule has 4 bridgehead atoms. The predicted octanol–water partition coefficient (Wildman–Crippen LogP) is -1.46. The van der Waals surface area contributed by atoms with Gasteiger partial charge in [0.25, 0.3) is 0 Å². The van der Waals surface area contributed by atoms with Crippen LogP contribution in [0.4, 0.5) is 0 Å². The molecule has 0 radical (unpaired) electrons. The van der Waals surface area contributed by atoms with Crippen LogP contribution in [-0.2, 0) is 4.79 Å². The fourth-order valence-corrected chi connectivity index (χ4v) is 5.87. The molecule has 0 saturated carbocycles. The zero-order valence-corrected chi connectivity index (χ0v) is 16.3. The number of nitrogens with zero attached hydrogens (tertiary/aromatic N) is 2. The van der Waals surface area contributed by atoms with E-state index < -0.39 is 48.0 Å². The summed E-state index contributed by atoms with van der Waals surface area (Å²) in [5.74, 6) is 0.357. The molecule has 0 unspecified atom stereocenters. The molecule has 0 aromatic heterocycles. The minimum absolute atomic E-state index is 0.357. The van der Waals surface area contributed by atoms with Gasteiger partial charge in [-0.1, -0.05) is 26.7 Å². The lowest BCUT2D eigenvalue weighted by Gasteiger charge is -2.67. The van der Waals surface area contributed by atoms with E-state index in [9.17, 15) is 25.2 Å². The van der Waals surface area contributed by atoms with Gasteiger partial charge in [0.1, 0.15) is 30.2 Å². The van der Waals surface area contributed by atoms with Gasteiger partial charge < -0.3 is 25.5 Å². The molecular weight excluding hydrogens is 352 g/mol. The average molecular weight is 386 g/mol. The zero-order valence-electron chi connectivity index (χ0n) is 16.3. The predicted molar refractivity (Wildman–Crippen MR) is 97.7 cm³/mol. The summed E-state index contributed by atoms with van der Waals surface area (Å²) in [5, 5.41) is 49.8. The number of ketones is 1. The molecule has 27 heavy (non-hydrogen) atoms. The first kappa shape index (κ1) is 21.1. The van der Waals surface area contributed by atoms with Gasteiger partial charge >= 0.3 is 0 Å². The van der Waals surface area contributed by atoms with Gasteiger partial charge in [0.05, 0.1) is 23.6 Å². The molecule has 4 heterocycles. The average Bonchev–Trinajstić information content (AvgIpc) is 2.63. The number of aliphatic hydroxyl groups excluding tert-OH is 5. The van der Waals surface area contributed by atoms with Crippen molar-refractivity contribution in [3.05, 3.63) is 0 Å². The monoisotopic (exact) mass is 386 g/mol. The molecule has 4 rings (SSSR count). The summed E-state index contributed by atoms with van der Waals surface area (Å²) in [6, 6.07) is 0. The van der Waals surface area contributed by atoms with Crippen LogP contribution in [0.3, 0.4) is 0 Å². The number of carbonyl (C=O) groups is 1. The number of hydrogen-bond donors (Lipinski definition) is 5. The van der Waals surface area contributed by atoms with Crippen molar-refractivity contribution in [2.45, 2.75) is 70.1 Å². The van der Waals surface area contributed by atoms with Crippen LogP contribution in [-0.4, -0.2) is 104 Å². The highest BCUT2D eigenvalue weighted by atomic mass is 16.4. The molecule has 156 valence electrons. The van der Waals surface area contributed by atoms with Gasteiger partial charge in [0, 0.05) is 26.2 Å². The van der Waals surface area contributed by atoms with Crippen LogP contribution in [0.1, 0.15) is 39.5 Å². The van der Waals surface area contributed by atoms with E-state index in [1.165, 1.54) is 0 Å². The van der Waals surface area contributed by atoms with Crippen LogP contribution in [0, 0.1) is 10.8 Å². The Morgan fingerprint density at radius 2 is 1.37 bits per heavy atom. The molecule has 4 aliphatic rings. The lowest BCUT2D eigenvalue weighted by molar-refractivity contribution is -0.235. The van der Waals surface area contributed by atoms with E-state index in [1.807, 2.05) is 0 Å². The summed E-state index contributed by atoms with van der Waals surface area (Å²) in [7, 11) is 0. The molecule has 0 aromatic rings. The topological polar surface area (TPSA) is 125 Å². The van der Waals surface area contributed by atoms with Crippen LogP contribution in [0.5, 0.6) is 0 Å². The fraction of sp³-hybridized carbons (Fsp3) is 0.947. The molecule has 0 aliphatic carbocycles. The van der Waals surface area contributed by atoms with Crippen molar-refractivity contribution in [1.82, 2.24) is 9.80 Å². The highest BCUT2D eigenvalue weighted by Crippen LogP contribution is 2.52. The Hall–Kier alpha value is -0.610. The van der Waals surface area contributed by atoms with Crippen molar-refractivity contribution < 1.29 is 30.3 Å². The number of carbonyl (C=O) groups excluding carboxylic acids is 1. The van der Waals surface area contributed by atoms with Gasteiger partial charge in [0.15, 0.2) is 0 Å². The Bertz CT molecular complexity index is 514. The molecule has 5 N–H and O–H groups in total. The van der Waals surface area contributed by atoms with Gasteiger partial charge in [-0.3, -0.25) is 14.6 Å². The van der Waals surface area contributed by atoms with Gasteiger partial charge in [-0.25, -0.2) is 0 Å². The second-order valence-corrected chi connectivity index (χ2v) is 8.84. The first-order chi connectivity index (χ1) is 12.7. The number of rotatable bonds is 9. The van der Waals surface area contributed by atoms with E-state index in [-0.39, 0.29) is 0 Å². The Balaban J connectivity index is 1.86. The standard InChI is InChI=1S/C19H34N2O6/c1-3-5-18-8-20-10-19(6-4-2,17(18)27)11-21(9-18)16(20)15(26)14(25)13(24)12(23)7-22/h12-16,22-26H,3-11H2,1-2H3/t12-,13-,14+,15+,16?,18?,19?/m1/s1. The Morgan fingerprint density at radius 3 is 1.74 bits per heavy atom. The number of Topliss-reactive ketones (excluding diaryl/α,β-unsaturated/α-hetero) is 1. The van der Waals surface area contributed by atoms with Crippen LogP contribution >= 0.6 is 0 Å². The van der Waals surface area contributed by atoms with Gasteiger partial charge in [0.2, 0.25) is 0 Å². The van der Waals surface area contributed by atoms with Crippen molar-refractivity contribution >= 4 is 5.78 Å². The van der Waals surface area contributed by atoms with Crippen molar-refractivity contribution in [2.75, 3.05) is 32.8 Å². The Morgan fingerprint density at radius 1 is 0.926 bits per heavy atom. The number of aliphatic hydroxyl groups is 5. The lowest BCUT2D eigenvalue weighted by atomic mass is 9.57. The largest absolute Gasteiger partial charge is 0.394 e. The minimum Gasteiger partial charge on any atom is -0.394 e. The second-order valence-electron chi connectivity index (χ2n) is 8.84. The van der Waals surface area contributed by atoms with Crippen molar-refractivity contribution in [1.29, 1.82) is 0 Å². The maximum absolute atomic E-state index is 13.4. The first-order valence-corrected chi connectivity index (χ1v) is 10.1. The second kappa shape index (κ2) is 7.67. The van der Waals surface area contributed by atoms with Crippen LogP contribution in [0.2, 0.25) is 0 Å². The summed E-state index contributed by atoms with van der Waals surface area (Å²) in [5.41, 5.74) is -0.852. The SMILES string of the molecule is CCCC12CN3CC(CCC)(CN(C1)C3[C@@H](O)[C@@H](O)[C@H](O)[C@H](O)CO)C2=O. The first-order valence-electron chi connectivity index (χ1n) is 10.1. The lowest BCUT2D eigenvalue weighted by Crippen LogP contribution is -2.81. The van der Waals surface area contributed by atoms with E-state index >= 15 is 0 Å². The number of hydrogen-bond acceptors (Lipinski definition) is 8. The molecule has 0 aromatic carbocycles. The van der Waals surface area contributed by atoms with E-state index in [2.05, 4.69) is 23.6 Å². The van der Waals surface area contributed by atoms with E-state index in [4.69, 9.17) is 5.11 Å². The zero-order chi connectivity index (χ0) is 20.0. The fourth-order valence-electron chi connectivity index (χ4n) is 5.87. The minimum atomic E-state index is -1.64. The quantitative estimate of drug-likeness (QED) is 0.326. The van der Waals surface area contributed by atoms with Crippen LogP contribution < -0.4 is 0 Å². The van der Waals surface area contributed by atoms with Gasteiger partial charge in [-0.15, -0.1) is 0 Å². The third kappa shape index (κ3) is 3.25. The van der Waals surface area contributed by atoms with Crippen LogP contribution in [0.25, 0.3) is 0 Å². The van der Waals surface area contributed by atoms with Crippen molar-refractivity contribution in [3.63, 3.8) is 0 Å². The van der Waals surface area contributed by atoms with E-state index in [0.29, 0.717) is 32.0 Å². The molecule has 4 aliphatic heterocycles. The maximum Gasteiger partial charge on any atom is 0.150 e. The summed E-state index contributed by atoms with van der Waals surface area (Å²) in [4.78, 5) is 17.5. The maximum atomic E-state index is 13.4. The smallest absolute Gasteiger partial charge is 0.150 e. The summed E-state index contributed by atoms with van der Waals surface area (Å²) in [6.45, 7) is 5.65. The molecule has 4 saturated heterocycles. The van der Waals surface area contributed by atoms with Gasteiger partial charge in [-0.05, 0) is 12.8 Å². The number of piperidine rings is 2. The Kier molecular flexibility index (Phi) is 5.99. The summed E-state index contributed by atoms with van der Waals surface area (Å²) >= 11 is 0. The molecule has 4 atom stereocenters. The highest BCUT2D eigenvalue weighted by molar-refractivity contribution is 5.93. The van der Waals surface area contributed by atoms with Crippen molar-refractivity contribution in [2.24, 2.45) is 10.8 Å². The van der Waals surface area contributed by atoms with E-state index in [1.54, 1.807) is 0 Å².